The van der Waals surface area contributed by atoms with Gasteiger partial charge < -0.3 is 10.6 Å². The summed E-state index contributed by atoms with van der Waals surface area (Å²) >= 11 is 0. The molecule has 0 aromatic heterocycles. The van der Waals surface area contributed by atoms with Crippen molar-refractivity contribution in [2.75, 3.05) is 19.6 Å². The fourth-order valence-corrected chi connectivity index (χ4v) is 3.31. The predicted molar refractivity (Wildman–Crippen MR) is 81.9 cm³/mol. The Hall–Kier alpha value is -1.37. The third kappa shape index (κ3) is 3.59. The van der Waals surface area contributed by atoms with Crippen LogP contribution in [0.15, 0.2) is 30.3 Å². The van der Waals surface area contributed by atoms with E-state index < -0.39 is 5.54 Å². The molecule has 0 radical (unpaired) electrons. The predicted octanol–water partition coefficient (Wildman–Crippen LogP) is 2.73. The minimum atomic E-state index is -0.870. The van der Waals surface area contributed by atoms with Gasteiger partial charge in [-0.05, 0) is 30.2 Å². The number of likely N-dealkylation sites (tertiary alicyclic amines) is 1. The van der Waals surface area contributed by atoms with Crippen molar-refractivity contribution in [3.05, 3.63) is 35.9 Å². The zero-order chi connectivity index (χ0) is 14.6. The second-order valence-corrected chi connectivity index (χ2v) is 6.40. The standard InChI is InChI=1S/C17H25N3/c1-14-10-15(2)12-20(11-14)9-8-17(19,13-18)16-6-4-3-5-7-16/h3-7,14-15H,8-12,19H2,1-2H3. The van der Waals surface area contributed by atoms with Crippen LogP contribution in [0, 0.1) is 23.2 Å². The lowest BCUT2D eigenvalue weighted by Gasteiger charge is -2.36. The summed E-state index contributed by atoms with van der Waals surface area (Å²) in [4.78, 5) is 2.46. The Morgan fingerprint density at radius 2 is 1.85 bits per heavy atom. The highest BCUT2D eigenvalue weighted by Crippen LogP contribution is 2.25. The zero-order valence-corrected chi connectivity index (χ0v) is 12.5. The first-order chi connectivity index (χ1) is 9.53. The summed E-state index contributed by atoms with van der Waals surface area (Å²) in [5.74, 6) is 1.48. The van der Waals surface area contributed by atoms with Crippen LogP contribution < -0.4 is 5.73 Å². The number of benzene rings is 1. The first-order valence-electron chi connectivity index (χ1n) is 7.51. The van der Waals surface area contributed by atoms with Crippen LogP contribution in [0.2, 0.25) is 0 Å². The van der Waals surface area contributed by atoms with Crippen LogP contribution in [-0.4, -0.2) is 24.5 Å². The molecule has 2 N–H and O–H groups in total. The smallest absolute Gasteiger partial charge is 0.131 e. The number of nitrogens with two attached hydrogens (primary N) is 1. The molecule has 3 atom stereocenters. The van der Waals surface area contributed by atoms with Gasteiger partial charge in [0.05, 0.1) is 6.07 Å². The van der Waals surface area contributed by atoms with Crippen molar-refractivity contribution >= 4 is 0 Å². The molecule has 1 aliphatic rings. The quantitative estimate of drug-likeness (QED) is 0.916. The fourth-order valence-electron chi connectivity index (χ4n) is 3.31. The number of nitriles is 1. The minimum Gasteiger partial charge on any atom is -0.310 e. The Morgan fingerprint density at radius 3 is 2.40 bits per heavy atom. The third-order valence-corrected chi connectivity index (χ3v) is 4.26. The van der Waals surface area contributed by atoms with Crippen LogP contribution in [0.3, 0.4) is 0 Å². The maximum absolute atomic E-state index is 9.48. The van der Waals surface area contributed by atoms with Crippen molar-refractivity contribution in [1.82, 2.24) is 4.90 Å². The van der Waals surface area contributed by atoms with Gasteiger partial charge in [0.15, 0.2) is 0 Å². The molecule has 0 spiro atoms. The fraction of sp³-hybridized carbons (Fsp3) is 0.588. The molecule has 0 saturated carbocycles. The van der Waals surface area contributed by atoms with Crippen LogP contribution in [-0.2, 0) is 5.54 Å². The van der Waals surface area contributed by atoms with Crippen LogP contribution in [0.5, 0.6) is 0 Å². The Morgan fingerprint density at radius 1 is 1.25 bits per heavy atom. The molecule has 1 saturated heterocycles. The molecule has 3 heteroatoms. The number of hydrogen-bond acceptors (Lipinski definition) is 3. The molecule has 1 aromatic rings. The van der Waals surface area contributed by atoms with E-state index in [0.29, 0.717) is 6.42 Å². The van der Waals surface area contributed by atoms with E-state index in [-0.39, 0.29) is 0 Å². The first kappa shape index (κ1) is 15.0. The average molecular weight is 271 g/mol. The molecule has 0 bridgehead atoms. The molecule has 1 aliphatic heterocycles. The monoisotopic (exact) mass is 271 g/mol. The molecule has 0 amide bonds. The third-order valence-electron chi connectivity index (χ3n) is 4.26. The van der Waals surface area contributed by atoms with Gasteiger partial charge in [0, 0.05) is 19.6 Å². The molecule has 20 heavy (non-hydrogen) atoms. The molecule has 108 valence electrons. The molecular formula is C17H25N3. The van der Waals surface area contributed by atoms with Crippen LogP contribution >= 0.6 is 0 Å². The molecule has 1 fully saturated rings. The van der Waals surface area contributed by atoms with Gasteiger partial charge in [-0.1, -0.05) is 44.2 Å². The highest BCUT2D eigenvalue weighted by molar-refractivity contribution is 5.30. The molecule has 3 nitrogen and oxygen atoms in total. The Labute approximate surface area is 122 Å². The highest BCUT2D eigenvalue weighted by Gasteiger charge is 2.29. The van der Waals surface area contributed by atoms with Gasteiger partial charge in [0.25, 0.3) is 0 Å². The van der Waals surface area contributed by atoms with Gasteiger partial charge in [-0.2, -0.15) is 5.26 Å². The van der Waals surface area contributed by atoms with E-state index in [1.807, 2.05) is 30.3 Å². The second kappa shape index (κ2) is 6.39. The van der Waals surface area contributed by atoms with E-state index in [0.717, 1.165) is 37.0 Å². The van der Waals surface area contributed by atoms with Crippen LogP contribution in [0.4, 0.5) is 0 Å². The van der Waals surface area contributed by atoms with Crippen molar-refractivity contribution in [2.45, 2.75) is 32.2 Å². The minimum absolute atomic E-state index is 0.687. The normalized spacial score (nSPS) is 26.7. The highest BCUT2D eigenvalue weighted by atomic mass is 15.1. The molecule has 2 rings (SSSR count). The van der Waals surface area contributed by atoms with Crippen LogP contribution in [0.1, 0.15) is 32.3 Å². The summed E-state index contributed by atoms with van der Waals surface area (Å²) in [7, 11) is 0. The maximum Gasteiger partial charge on any atom is 0.131 e. The molecule has 0 aliphatic carbocycles. The molecular weight excluding hydrogens is 246 g/mol. The number of nitrogens with zero attached hydrogens (tertiary/aromatic N) is 2. The van der Waals surface area contributed by atoms with E-state index in [1.54, 1.807) is 0 Å². The summed E-state index contributed by atoms with van der Waals surface area (Å²) in [6, 6.07) is 12.0. The van der Waals surface area contributed by atoms with Gasteiger partial charge in [-0.15, -0.1) is 0 Å². The topological polar surface area (TPSA) is 53.0 Å². The van der Waals surface area contributed by atoms with Gasteiger partial charge in [-0.25, -0.2) is 0 Å². The summed E-state index contributed by atoms with van der Waals surface area (Å²) < 4.78 is 0. The lowest BCUT2D eigenvalue weighted by atomic mass is 9.87. The Kier molecular flexibility index (Phi) is 4.80. The van der Waals surface area contributed by atoms with Gasteiger partial charge in [0.1, 0.15) is 5.54 Å². The number of rotatable bonds is 4. The summed E-state index contributed by atoms with van der Waals surface area (Å²) in [5.41, 5.74) is 6.36. The average Bonchev–Trinajstić information content (AvgIpc) is 2.45. The van der Waals surface area contributed by atoms with Crippen LogP contribution in [0.25, 0.3) is 0 Å². The van der Waals surface area contributed by atoms with E-state index in [2.05, 4.69) is 24.8 Å². The number of hydrogen-bond donors (Lipinski definition) is 1. The summed E-state index contributed by atoms with van der Waals surface area (Å²) in [5, 5.41) is 9.48. The van der Waals surface area contributed by atoms with Crippen molar-refractivity contribution in [2.24, 2.45) is 17.6 Å². The van der Waals surface area contributed by atoms with Gasteiger partial charge in [0.2, 0.25) is 0 Å². The Bertz CT molecular complexity index is 455. The van der Waals surface area contributed by atoms with Crippen molar-refractivity contribution in [1.29, 1.82) is 5.26 Å². The molecule has 1 heterocycles. The maximum atomic E-state index is 9.48. The SMILES string of the molecule is CC1CC(C)CN(CCC(N)(C#N)c2ccccc2)C1. The molecule has 1 aromatic carbocycles. The van der Waals surface area contributed by atoms with E-state index in [9.17, 15) is 5.26 Å². The lowest BCUT2D eigenvalue weighted by molar-refractivity contribution is 0.134. The van der Waals surface area contributed by atoms with E-state index in [4.69, 9.17) is 5.73 Å². The van der Waals surface area contributed by atoms with Crippen molar-refractivity contribution < 1.29 is 0 Å². The zero-order valence-electron chi connectivity index (χ0n) is 12.5. The van der Waals surface area contributed by atoms with Gasteiger partial charge >= 0.3 is 0 Å². The molecule has 3 unspecified atom stereocenters. The number of piperidine rings is 1. The second-order valence-electron chi connectivity index (χ2n) is 6.40. The van der Waals surface area contributed by atoms with Crippen molar-refractivity contribution in [3.8, 4) is 6.07 Å². The first-order valence-corrected chi connectivity index (χ1v) is 7.51. The van der Waals surface area contributed by atoms with E-state index in [1.165, 1.54) is 6.42 Å². The lowest BCUT2D eigenvalue weighted by Crippen LogP contribution is -2.44. The summed E-state index contributed by atoms with van der Waals surface area (Å²) in [6.07, 6.45) is 1.99. The van der Waals surface area contributed by atoms with Crippen molar-refractivity contribution in [3.63, 3.8) is 0 Å². The van der Waals surface area contributed by atoms with E-state index >= 15 is 0 Å². The Balaban J connectivity index is 1.99. The summed E-state index contributed by atoms with van der Waals surface area (Å²) in [6.45, 7) is 7.76. The largest absolute Gasteiger partial charge is 0.310 e. The van der Waals surface area contributed by atoms with Gasteiger partial charge in [-0.3, -0.25) is 0 Å².